The smallest absolute Gasteiger partial charge is 0.412 e. The van der Waals surface area contributed by atoms with Crippen LogP contribution in [0.15, 0.2) is 53.1 Å². The zero-order chi connectivity index (χ0) is 25.1. The molecule has 0 aliphatic rings. The molecule has 7 heteroatoms. The number of aromatic nitrogens is 1. The van der Waals surface area contributed by atoms with Crippen molar-refractivity contribution in [2.75, 3.05) is 11.9 Å². The summed E-state index contributed by atoms with van der Waals surface area (Å²) >= 11 is 0. The van der Waals surface area contributed by atoms with Crippen molar-refractivity contribution in [2.24, 2.45) is 0 Å². The molecule has 1 amide bonds. The molecular weight excluding hydrogens is 432 g/mol. The Kier molecular flexibility index (Phi) is 7.15. The maximum absolute atomic E-state index is 12.3. The number of benzene rings is 2. The van der Waals surface area contributed by atoms with Crippen molar-refractivity contribution in [2.45, 2.75) is 59.5 Å². The van der Waals surface area contributed by atoms with Crippen LogP contribution in [0.5, 0.6) is 0 Å². The largest absolute Gasteiger partial charge is 0.465 e. The van der Waals surface area contributed by atoms with Crippen LogP contribution in [0, 0.1) is 6.92 Å². The van der Waals surface area contributed by atoms with Crippen LogP contribution >= 0.6 is 0 Å². The number of nitrogens with one attached hydrogen (secondary N) is 1. The summed E-state index contributed by atoms with van der Waals surface area (Å²) in [7, 11) is 0. The molecule has 0 aliphatic carbocycles. The van der Waals surface area contributed by atoms with Crippen LogP contribution < -0.4 is 5.32 Å². The summed E-state index contributed by atoms with van der Waals surface area (Å²) in [4.78, 5) is 24.5. The third-order valence-corrected chi connectivity index (χ3v) is 5.36. The van der Waals surface area contributed by atoms with Crippen molar-refractivity contribution in [1.29, 1.82) is 0 Å². The van der Waals surface area contributed by atoms with Gasteiger partial charge in [-0.2, -0.15) is 0 Å². The highest BCUT2D eigenvalue weighted by Gasteiger charge is 2.31. The SMILES string of the molecule is CCOC(=O)C(C)(C)c1ccc(-c2ccc(-c3onc(C)c3NC(=O)OC(C)(C)C)cc2)cc1. The lowest BCUT2D eigenvalue weighted by molar-refractivity contribution is -0.148. The van der Waals surface area contributed by atoms with E-state index in [1.54, 1.807) is 34.6 Å². The standard InChI is InChI=1S/C27H32N2O5/c1-8-32-24(30)27(6,7)21-15-13-19(14-16-21)18-9-11-20(12-10-18)23-22(17(2)29-34-23)28-25(31)33-26(3,4)5/h9-16H,8H2,1-7H3,(H,28,31). The monoisotopic (exact) mass is 464 g/mol. The summed E-state index contributed by atoms with van der Waals surface area (Å²) in [6.45, 7) is 13.0. The molecule has 0 aliphatic heterocycles. The number of anilines is 1. The number of aryl methyl sites for hydroxylation is 1. The molecule has 180 valence electrons. The summed E-state index contributed by atoms with van der Waals surface area (Å²) in [6, 6.07) is 15.6. The Bertz CT molecular complexity index is 1150. The van der Waals surface area contributed by atoms with Gasteiger partial charge < -0.3 is 14.0 Å². The van der Waals surface area contributed by atoms with E-state index >= 15 is 0 Å². The molecule has 1 N–H and O–H groups in total. The second-order valence-corrected chi connectivity index (χ2v) is 9.60. The zero-order valence-electron chi connectivity index (χ0n) is 20.8. The lowest BCUT2D eigenvalue weighted by Crippen LogP contribution is -2.31. The Hall–Kier alpha value is -3.61. The quantitative estimate of drug-likeness (QED) is 0.419. The third kappa shape index (κ3) is 5.65. The molecule has 0 fully saturated rings. The number of amides is 1. The number of carbonyl (C=O) groups is 2. The number of nitrogens with zero attached hydrogens (tertiary/aromatic N) is 1. The number of ether oxygens (including phenoxy) is 2. The van der Waals surface area contributed by atoms with Gasteiger partial charge in [-0.25, -0.2) is 4.79 Å². The van der Waals surface area contributed by atoms with Gasteiger partial charge in [-0.1, -0.05) is 53.7 Å². The molecule has 0 radical (unpaired) electrons. The van der Waals surface area contributed by atoms with E-state index in [9.17, 15) is 9.59 Å². The van der Waals surface area contributed by atoms with Crippen molar-refractivity contribution >= 4 is 17.7 Å². The van der Waals surface area contributed by atoms with Crippen LogP contribution in [0.1, 0.15) is 52.8 Å². The van der Waals surface area contributed by atoms with Crippen LogP contribution in [0.3, 0.4) is 0 Å². The number of rotatable bonds is 6. The summed E-state index contributed by atoms with van der Waals surface area (Å²) in [5.74, 6) is 0.215. The minimum Gasteiger partial charge on any atom is -0.465 e. The van der Waals surface area contributed by atoms with Crippen LogP contribution in [-0.2, 0) is 19.7 Å². The van der Waals surface area contributed by atoms with Crippen molar-refractivity contribution in [1.82, 2.24) is 5.16 Å². The Morgan fingerprint density at radius 2 is 1.44 bits per heavy atom. The first-order valence-electron chi connectivity index (χ1n) is 11.3. The highest BCUT2D eigenvalue weighted by molar-refractivity contribution is 5.91. The number of esters is 1. The highest BCUT2D eigenvalue weighted by atomic mass is 16.6. The molecule has 0 unspecified atom stereocenters. The third-order valence-electron chi connectivity index (χ3n) is 5.36. The van der Waals surface area contributed by atoms with E-state index in [1.807, 2.05) is 62.4 Å². The molecule has 0 saturated carbocycles. The lowest BCUT2D eigenvalue weighted by atomic mass is 9.84. The minimum atomic E-state index is -0.722. The molecule has 0 atom stereocenters. The Balaban J connectivity index is 1.80. The molecule has 1 aromatic heterocycles. The van der Waals surface area contributed by atoms with E-state index in [0.29, 0.717) is 23.7 Å². The predicted molar refractivity (Wildman–Crippen MR) is 132 cm³/mol. The number of hydrogen-bond acceptors (Lipinski definition) is 6. The van der Waals surface area contributed by atoms with Crippen LogP contribution in [0.25, 0.3) is 22.5 Å². The zero-order valence-corrected chi connectivity index (χ0v) is 20.8. The molecule has 34 heavy (non-hydrogen) atoms. The minimum absolute atomic E-state index is 0.245. The molecular formula is C27H32N2O5. The van der Waals surface area contributed by atoms with Crippen molar-refractivity contribution in [3.05, 3.63) is 59.8 Å². The van der Waals surface area contributed by atoms with Gasteiger partial charge in [0.1, 0.15) is 17.0 Å². The van der Waals surface area contributed by atoms with Gasteiger partial charge in [-0.15, -0.1) is 0 Å². The van der Waals surface area contributed by atoms with Crippen molar-refractivity contribution in [3.63, 3.8) is 0 Å². The van der Waals surface area contributed by atoms with E-state index in [4.69, 9.17) is 14.0 Å². The first kappa shape index (κ1) is 25.0. The summed E-state index contributed by atoms with van der Waals surface area (Å²) in [5, 5.41) is 6.74. The van der Waals surface area contributed by atoms with E-state index in [2.05, 4.69) is 10.5 Å². The molecule has 3 aromatic rings. The summed E-state index contributed by atoms with van der Waals surface area (Å²) < 4.78 is 16.0. The van der Waals surface area contributed by atoms with Gasteiger partial charge in [0.05, 0.1) is 12.0 Å². The Morgan fingerprint density at radius 3 is 1.97 bits per heavy atom. The van der Waals surface area contributed by atoms with E-state index in [0.717, 1.165) is 22.3 Å². The van der Waals surface area contributed by atoms with Crippen LogP contribution in [0.2, 0.25) is 0 Å². The van der Waals surface area contributed by atoms with Gasteiger partial charge in [-0.3, -0.25) is 10.1 Å². The van der Waals surface area contributed by atoms with Gasteiger partial charge in [-0.05, 0) is 65.2 Å². The predicted octanol–water partition coefficient (Wildman–Crippen LogP) is 6.50. The van der Waals surface area contributed by atoms with E-state index in [1.165, 1.54) is 0 Å². The Morgan fingerprint density at radius 1 is 0.912 bits per heavy atom. The number of hydrogen-bond donors (Lipinski definition) is 1. The van der Waals surface area contributed by atoms with Gasteiger partial charge in [0.2, 0.25) is 0 Å². The summed E-state index contributed by atoms with van der Waals surface area (Å²) in [5.41, 5.74) is 3.38. The fourth-order valence-electron chi connectivity index (χ4n) is 3.44. The molecule has 0 bridgehead atoms. The molecule has 2 aromatic carbocycles. The first-order valence-corrected chi connectivity index (χ1v) is 11.3. The first-order chi connectivity index (χ1) is 15.9. The molecule has 0 spiro atoms. The molecule has 0 saturated heterocycles. The average Bonchev–Trinajstić information content (AvgIpc) is 3.12. The molecule has 1 heterocycles. The second-order valence-electron chi connectivity index (χ2n) is 9.60. The highest BCUT2D eigenvalue weighted by Crippen LogP contribution is 2.33. The van der Waals surface area contributed by atoms with Crippen LogP contribution in [-0.4, -0.2) is 29.4 Å². The maximum Gasteiger partial charge on any atom is 0.412 e. The Labute approximate surface area is 200 Å². The lowest BCUT2D eigenvalue weighted by Gasteiger charge is -2.23. The van der Waals surface area contributed by atoms with Crippen molar-refractivity contribution < 1.29 is 23.6 Å². The normalized spacial score (nSPS) is 11.7. The van der Waals surface area contributed by atoms with Crippen molar-refractivity contribution in [3.8, 4) is 22.5 Å². The van der Waals surface area contributed by atoms with E-state index in [-0.39, 0.29) is 5.97 Å². The maximum atomic E-state index is 12.3. The number of carbonyl (C=O) groups excluding carboxylic acids is 2. The van der Waals surface area contributed by atoms with Gasteiger partial charge in [0, 0.05) is 5.56 Å². The molecule has 7 nitrogen and oxygen atoms in total. The average molecular weight is 465 g/mol. The van der Waals surface area contributed by atoms with Gasteiger partial charge >= 0.3 is 12.1 Å². The van der Waals surface area contributed by atoms with E-state index < -0.39 is 17.1 Å². The van der Waals surface area contributed by atoms with Crippen LogP contribution in [0.4, 0.5) is 10.5 Å². The van der Waals surface area contributed by atoms with Gasteiger partial charge in [0.25, 0.3) is 0 Å². The molecule has 3 rings (SSSR count). The second kappa shape index (κ2) is 9.71. The summed E-state index contributed by atoms with van der Waals surface area (Å²) in [6.07, 6.45) is -0.567. The van der Waals surface area contributed by atoms with Gasteiger partial charge in [0.15, 0.2) is 5.76 Å². The topological polar surface area (TPSA) is 90.7 Å². The fraction of sp³-hybridized carbons (Fsp3) is 0.370. The fourth-order valence-corrected chi connectivity index (χ4v) is 3.44.